The molecule has 0 saturated heterocycles. The summed E-state index contributed by atoms with van der Waals surface area (Å²) in [5.41, 5.74) is 2.44. The summed E-state index contributed by atoms with van der Waals surface area (Å²) in [5.74, 6) is 1.71. The molecule has 0 amide bonds. The van der Waals surface area contributed by atoms with Crippen LogP contribution in [0.15, 0.2) is 63.1 Å². The topological polar surface area (TPSA) is 82.6 Å². The number of hydrogen-bond donors (Lipinski definition) is 0. The zero-order chi connectivity index (χ0) is 21.1. The van der Waals surface area contributed by atoms with E-state index in [9.17, 15) is 4.79 Å². The highest BCUT2D eigenvalue weighted by Crippen LogP contribution is 2.39. The Kier molecular flexibility index (Phi) is 5.34. The second-order valence-electron chi connectivity index (χ2n) is 6.53. The summed E-state index contributed by atoms with van der Waals surface area (Å²) in [6.45, 7) is 0. The van der Waals surface area contributed by atoms with Crippen molar-refractivity contribution >= 4 is 18.3 Å². The molecule has 0 N–H and O–H groups in total. The smallest absolute Gasteiger partial charge is 0.203 e. The third kappa shape index (κ3) is 3.45. The molecule has 1 aliphatic rings. The number of aliphatic imine (C=N–C) groups is 2. The summed E-state index contributed by atoms with van der Waals surface area (Å²) in [6.07, 6.45) is 4.78. The van der Waals surface area contributed by atoms with E-state index in [2.05, 4.69) is 9.98 Å². The number of ether oxygens (including phenoxy) is 3. The van der Waals surface area contributed by atoms with E-state index in [0.29, 0.717) is 34.1 Å². The molecule has 2 heterocycles. The second-order valence-corrected chi connectivity index (χ2v) is 6.53. The maximum absolute atomic E-state index is 13.6. The highest BCUT2D eigenvalue weighted by atomic mass is 16.5. The van der Waals surface area contributed by atoms with Gasteiger partial charge in [-0.3, -0.25) is 9.79 Å². The molecule has 3 aromatic rings. The molecule has 4 rings (SSSR count). The number of ketones is 1. The molecule has 7 nitrogen and oxygen atoms in total. The Morgan fingerprint density at radius 2 is 1.77 bits per heavy atom. The van der Waals surface area contributed by atoms with Gasteiger partial charge < -0.3 is 18.6 Å². The predicted octanol–water partition coefficient (Wildman–Crippen LogP) is 4.36. The summed E-state index contributed by atoms with van der Waals surface area (Å²) >= 11 is 0. The summed E-state index contributed by atoms with van der Waals surface area (Å²) in [5, 5.41) is 0. The molecule has 0 aliphatic carbocycles. The summed E-state index contributed by atoms with van der Waals surface area (Å²) < 4.78 is 21.7. The fourth-order valence-corrected chi connectivity index (χ4v) is 3.40. The minimum atomic E-state index is -0.323. The Morgan fingerprint density at radius 1 is 1.00 bits per heavy atom. The number of nitrogens with zero attached hydrogens (tertiary/aromatic N) is 2. The van der Waals surface area contributed by atoms with E-state index in [-0.39, 0.29) is 11.8 Å². The van der Waals surface area contributed by atoms with Gasteiger partial charge in [0.2, 0.25) is 5.75 Å². The van der Waals surface area contributed by atoms with Crippen LogP contribution in [0.4, 0.5) is 0 Å². The average Bonchev–Trinajstić information content (AvgIpc) is 3.51. The van der Waals surface area contributed by atoms with Crippen molar-refractivity contribution in [1.82, 2.24) is 0 Å². The van der Waals surface area contributed by atoms with Crippen LogP contribution < -0.4 is 14.2 Å². The maximum atomic E-state index is 13.6. The summed E-state index contributed by atoms with van der Waals surface area (Å²) in [4.78, 5) is 22.0. The highest BCUT2D eigenvalue weighted by molar-refractivity contribution is 6.11. The number of rotatable bonds is 7. The van der Waals surface area contributed by atoms with Gasteiger partial charge in [0.15, 0.2) is 17.3 Å². The van der Waals surface area contributed by atoms with Gasteiger partial charge in [-0.2, -0.15) is 0 Å². The van der Waals surface area contributed by atoms with Crippen molar-refractivity contribution in [2.24, 2.45) is 9.98 Å². The lowest BCUT2D eigenvalue weighted by atomic mass is 9.92. The van der Waals surface area contributed by atoms with E-state index in [4.69, 9.17) is 18.6 Å². The van der Waals surface area contributed by atoms with Gasteiger partial charge >= 0.3 is 0 Å². The van der Waals surface area contributed by atoms with Crippen LogP contribution >= 0.6 is 0 Å². The van der Waals surface area contributed by atoms with Crippen LogP contribution in [0.5, 0.6) is 17.2 Å². The fraction of sp³-hybridized carbons (Fsp3) is 0.174. The number of carbonyl (C=O) groups excluding carboxylic acids is 1. The van der Waals surface area contributed by atoms with Crippen molar-refractivity contribution in [2.75, 3.05) is 21.3 Å². The lowest BCUT2D eigenvalue weighted by Gasteiger charge is -2.16. The Bertz CT molecular complexity index is 1100. The van der Waals surface area contributed by atoms with Crippen molar-refractivity contribution in [3.8, 4) is 28.6 Å². The molecule has 0 bridgehead atoms. The monoisotopic (exact) mass is 404 g/mol. The van der Waals surface area contributed by atoms with Gasteiger partial charge in [0.05, 0.1) is 27.6 Å². The Balaban J connectivity index is 1.86. The van der Waals surface area contributed by atoms with Gasteiger partial charge in [-0.1, -0.05) is 12.1 Å². The van der Waals surface area contributed by atoms with E-state index in [1.54, 1.807) is 36.7 Å². The third-order valence-corrected chi connectivity index (χ3v) is 4.87. The molecule has 1 unspecified atom stereocenters. The van der Waals surface area contributed by atoms with Gasteiger partial charge in [-0.05, 0) is 35.9 Å². The first-order valence-electron chi connectivity index (χ1n) is 9.23. The Hall–Kier alpha value is -3.87. The lowest BCUT2D eigenvalue weighted by molar-refractivity contribution is 0.103. The molecule has 30 heavy (non-hydrogen) atoms. The summed E-state index contributed by atoms with van der Waals surface area (Å²) in [7, 11) is 4.54. The zero-order valence-electron chi connectivity index (χ0n) is 16.8. The van der Waals surface area contributed by atoms with Gasteiger partial charge in [0.25, 0.3) is 0 Å². The number of methoxy groups -OCH3 is 3. The molecule has 0 saturated carbocycles. The molecule has 7 heteroatoms. The van der Waals surface area contributed by atoms with Crippen molar-refractivity contribution in [3.05, 3.63) is 65.4 Å². The molecule has 1 aliphatic heterocycles. The average molecular weight is 404 g/mol. The molecule has 0 spiro atoms. The van der Waals surface area contributed by atoms with E-state index in [0.717, 1.165) is 11.1 Å². The van der Waals surface area contributed by atoms with Gasteiger partial charge in [-0.15, -0.1) is 0 Å². The minimum absolute atomic E-state index is 0.201. The third-order valence-electron chi connectivity index (χ3n) is 4.87. The lowest BCUT2D eigenvalue weighted by Crippen LogP contribution is -2.09. The maximum Gasteiger partial charge on any atom is 0.203 e. The zero-order valence-corrected chi connectivity index (χ0v) is 16.8. The number of furan rings is 1. The van der Waals surface area contributed by atoms with Gasteiger partial charge in [0.1, 0.15) is 18.1 Å². The van der Waals surface area contributed by atoms with E-state index in [1.807, 2.05) is 18.2 Å². The fourth-order valence-electron chi connectivity index (χ4n) is 3.40. The van der Waals surface area contributed by atoms with E-state index in [1.165, 1.54) is 27.7 Å². The summed E-state index contributed by atoms with van der Waals surface area (Å²) in [6, 6.07) is 12.2. The highest BCUT2D eigenvalue weighted by Gasteiger charge is 2.24. The standard InChI is InChI=1S/C23H20N2O5/c1-27-20-10-15(11-21(28-2)23(20)29-3)22(26)17-9-14(19-5-4-8-30-19)6-7-16(17)18-12-24-13-25-18/h4-13,18H,1-3H3. The molecule has 1 aromatic heterocycles. The van der Waals surface area contributed by atoms with Crippen molar-refractivity contribution in [1.29, 1.82) is 0 Å². The first-order valence-corrected chi connectivity index (χ1v) is 9.23. The van der Waals surface area contributed by atoms with Crippen molar-refractivity contribution < 1.29 is 23.4 Å². The van der Waals surface area contributed by atoms with Crippen molar-refractivity contribution in [3.63, 3.8) is 0 Å². The minimum Gasteiger partial charge on any atom is -0.493 e. The number of hydrogen-bond acceptors (Lipinski definition) is 7. The normalized spacial score (nSPS) is 14.7. The molecule has 1 atom stereocenters. The first-order chi connectivity index (χ1) is 14.7. The molecule has 0 radical (unpaired) electrons. The molecular weight excluding hydrogens is 384 g/mol. The SMILES string of the molecule is COc1cc(C(=O)c2cc(-c3ccco3)ccc2C2C=NC=N2)cc(OC)c1OC. The van der Waals surface area contributed by atoms with E-state index >= 15 is 0 Å². The van der Waals surface area contributed by atoms with Gasteiger partial charge in [0, 0.05) is 22.9 Å². The van der Waals surface area contributed by atoms with Crippen LogP contribution in [-0.2, 0) is 0 Å². The Labute approximate surface area is 173 Å². The van der Waals surface area contributed by atoms with E-state index < -0.39 is 0 Å². The first kappa shape index (κ1) is 19.4. The second kappa shape index (κ2) is 8.24. The quantitative estimate of drug-likeness (QED) is 0.547. The van der Waals surface area contributed by atoms with Gasteiger partial charge in [-0.25, -0.2) is 4.99 Å². The number of benzene rings is 2. The van der Waals surface area contributed by atoms with Crippen molar-refractivity contribution in [2.45, 2.75) is 6.04 Å². The molecular formula is C23H20N2O5. The van der Waals surface area contributed by atoms with Crippen LogP contribution in [-0.4, -0.2) is 39.7 Å². The largest absolute Gasteiger partial charge is 0.493 e. The molecule has 0 fully saturated rings. The van der Waals surface area contributed by atoms with Crippen LogP contribution in [0, 0.1) is 0 Å². The van der Waals surface area contributed by atoms with Crippen LogP contribution in [0.1, 0.15) is 27.5 Å². The van der Waals surface area contributed by atoms with Crippen LogP contribution in [0.2, 0.25) is 0 Å². The molecule has 152 valence electrons. The predicted molar refractivity (Wildman–Crippen MR) is 113 cm³/mol. The van der Waals surface area contributed by atoms with Crippen LogP contribution in [0.3, 0.4) is 0 Å². The Morgan fingerprint density at radius 3 is 2.33 bits per heavy atom. The molecule has 2 aromatic carbocycles. The number of carbonyl (C=O) groups is 1. The van der Waals surface area contributed by atoms with Crippen LogP contribution in [0.25, 0.3) is 11.3 Å².